The Hall–Kier alpha value is -5.30. The van der Waals surface area contributed by atoms with Gasteiger partial charge in [0.1, 0.15) is 0 Å². The van der Waals surface area contributed by atoms with Crippen molar-refractivity contribution in [3.05, 3.63) is 183 Å². The van der Waals surface area contributed by atoms with Crippen LogP contribution in [0, 0.1) is 24.6 Å². The summed E-state index contributed by atoms with van der Waals surface area (Å²) in [7, 11) is 0. The molecule has 3 heterocycles. The Kier molecular flexibility index (Phi) is 15.9. The van der Waals surface area contributed by atoms with Gasteiger partial charge in [-0.05, 0) is 53.1 Å². The van der Waals surface area contributed by atoms with E-state index in [2.05, 4.69) is 76.9 Å². The van der Waals surface area contributed by atoms with Gasteiger partial charge in [-0.3, -0.25) is 18.4 Å². The zero-order valence-corrected chi connectivity index (χ0v) is 27.8. The van der Waals surface area contributed by atoms with Crippen LogP contribution in [0.2, 0.25) is 0 Å². The summed E-state index contributed by atoms with van der Waals surface area (Å²) in [6.45, 7) is 16.0. The van der Waals surface area contributed by atoms with Crippen LogP contribution in [0.4, 0.5) is 8.78 Å². The fourth-order valence-corrected chi connectivity index (χ4v) is 3.68. The van der Waals surface area contributed by atoms with Gasteiger partial charge in [-0.1, -0.05) is 117 Å². The number of benzene rings is 3. The third-order valence-corrected chi connectivity index (χ3v) is 5.94. The molecule has 3 aromatic carbocycles. The molecule has 0 aliphatic carbocycles. The zero-order valence-electron chi connectivity index (χ0n) is 25.4. The minimum atomic E-state index is -0.677. The van der Waals surface area contributed by atoms with Crippen molar-refractivity contribution < 1.29 is 28.9 Å². The molecule has 0 atom stereocenters. The standard InChI is InChI=1S/C17H14N3.C9H5F2N2.C8H8.C4H6.Ir/c1-3-13-4-6-14(7-5-13)15-8-9-18-16(11-15)17-10-12(2)19-20-17;10-7-2-3-9(8(11)6-7)13-5-1-4-12-13;1-2-8-6-4-3-5-7-8;1-3-4-2;/h3-11H,1H2,2H3;1-2,4-6H;2-7H,1H2;3-4H,1-2H2;/q2*-1;;;. The number of rotatable bonds is 6. The van der Waals surface area contributed by atoms with Crippen molar-refractivity contribution in [1.29, 1.82) is 0 Å². The summed E-state index contributed by atoms with van der Waals surface area (Å²) in [5.41, 5.74) is 7.23. The Balaban J connectivity index is 0.000000243. The molecule has 0 aliphatic heterocycles. The van der Waals surface area contributed by atoms with Gasteiger partial charge in [-0.2, -0.15) is 11.2 Å². The third-order valence-electron chi connectivity index (χ3n) is 5.94. The normalized spacial score (nSPS) is 9.37. The van der Waals surface area contributed by atoms with Gasteiger partial charge in [0.2, 0.25) is 0 Å². The first-order valence-corrected chi connectivity index (χ1v) is 13.8. The van der Waals surface area contributed by atoms with Gasteiger partial charge in [0.15, 0.2) is 0 Å². The van der Waals surface area contributed by atoms with E-state index in [1.807, 2.05) is 67.6 Å². The molecule has 235 valence electrons. The van der Waals surface area contributed by atoms with Crippen LogP contribution in [-0.2, 0) is 20.1 Å². The first-order valence-electron chi connectivity index (χ1n) is 13.8. The topological polar surface area (TPSA) is 57.7 Å². The molecule has 5 nitrogen and oxygen atoms in total. The number of halogens is 2. The van der Waals surface area contributed by atoms with Gasteiger partial charge < -0.3 is 10.2 Å². The number of pyridine rings is 1. The molecule has 0 aliphatic rings. The number of allylic oxidation sites excluding steroid dienone is 2. The average Bonchev–Trinajstić information content (AvgIpc) is 3.78. The predicted octanol–water partition coefficient (Wildman–Crippen LogP) is 9.36. The zero-order chi connectivity index (χ0) is 32.4. The number of aryl methyl sites for hydroxylation is 1. The van der Waals surface area contributed by atoms with Crippen molar-refractivity contribution >= 4 is 12.2 Å². The van der Waals surface area contributed by atoms with E-state index in [4.69, 9.17) is 0 Å². The van der Waals surface area contributed by atoms with Crippen LogP contribution in [0.1, 0.15) is 16.8 Å². The largest absolute Gasteiger partial charge is 0.574 e. The summed E-state index contributed by atoms with van der Waals surface area (Å²) >= 11 is 0. The third kappa shape index (κ3) is 11.7. The number of hydrogen-bond acceptors (Lipinski definition) is 3. The molecule has 0 N–H and O–H groups in total. The molecule has 0 fully saturated rings. The van der Waals surface area contributed by atoms with Crippen molar-refractivity contribution in [2.24, 2.45) is 0 Å². The first-order chi connectivity index (χ1) is 21.9. The van der Waals surface area contributed by atoms with Crippen LogP contribution in [0.3, 0.4) is 0 Å². The van der Waals surface area contributed by atoms with E-state index in [9.17, 15) is 8.78 Å². The number of aromatic nitrogens is 5. The minimum Gasteiger partial charge on any atom is -0.574 e. The van der Waals surface area contributed by atoms with E-state index in [1.165, 1.54) is 16.4 Å². The van der Waals surface area contributed by atoms with Crippen molar-refractivity contribution in [1.82, 2.24) is 25.0 Å². The maximum Gasteiger partial charge on any atom is 0.0500 e. The van der Waals surface area contributed by atoms with E-state index in [1.54, 1.807) is 30.6 Å². The summed E-state index contributed by atoms with van der Waals surface area (Å²) < 4.78 is 26.9. The molecule has 0 amide bonds. The Labute approximate surface area is 282 Å². The van der Waals surface area contributed by atoms with Crippen LogP contribution in [0.15, 0.2) is 148 Å². The number of nitrogens with zero attached hydrogens (tertiary/aromatic N) is 5. The van der Waals surface area contributed by atoms with E-state index in [0.29, 0.717) is 0 Å². The van der Waals surface area contributed by atoms with Gasteiger partial charge in [0.05, 0.1) is 0 Å². The van der Waals surface area contributed by atoms with Crippen molar-refractivity contribution in [3.63, 3.8) is 0 Å². The summed E-state index contributed by atoms with van der Waals surface area (Å²) in [5, 5.41) is 11.9. The molecule has 0 spiro atoms. The Morgan fingerprint density at radius 2 is 1.46 bits per heavy atom. The monoisotopic (exact) mass is 790 g/mol. The van der Waals surface area contributed by atoms with Gasteiger partial charge in [0, 0.05) is 61.7 Å². The Bertz CT molecular complexity index is 1790. The molecule has 0 bridgehead atoms. The van der Waals surface area contributed by atoms with E-state index >= 15 is 0 Å². The Morgan fingerprint density at radius 1 is 0.783 bits per heavy atom. The van der Waals surface area contributed by atoms with E-state index in [0.717, 1.165) is 45.9 Å². The molecule has 1 radical (unpaired) electrons. The molecule has 0 unspecified atom stereocenters. The van der Waals surface area contributed by atoms with Gasteiger partial charge in [-0.25, -0.2) is 0 Å². The molecule has 3 aromatic heterocycles. The smallest absolute Gasteiger partial charge is 0.0500 e. The summed E-state index contributed by atoms with van der Waals surface area (Å²) in [6, 6.07) is 30.2. The number of hydrogen-bond donors (Lipinski definition) is 0. The molecular formula is C38H33F2IrN5-2. The maximum atomic E-state index is 13.1. The van der Waals surface area contributed by atoms with Crippen LogP contribution < -0.4 is 5.10 Å². The van der Waals surface area contributed by atoms with Crippen molar-refractivity contribution in [3.8, 4) is 28.2 Å². The second-order valence-corrected chi connectivity index (χ2v) is 9.18. The minimum absolute atomic E-state index is 0. The first kappa shape index (κ1) is 36.9. The van der Waals surface area contributed by atoms with Gasteiger partial charge >= 0.3 is 0 Å². The maximum absolute atomic E-state index is 13.1. The van der Waals surface area contributed by atoms with Crippen molar-refractivity contribution in [2.75, 3.05) is 0 Å². The second kappa shape index (κ2) is 19.9. The molecule has 8 heteroatoms. The predicted molar refractivity (Wildman–Crippen MR) is 180 cm³/mol. The fourth-order valence-electron chi connectivity index (χ4n) is 3.68. The van der Waals surface area contributed by atoms with Crippen LogP contribution in [-0.4, -0.2) is 19.9 Å². The molecular weight excluding hydrogens is 757 g/mol. The fraction of sp³-hybridized carbons (Fsp3) is 0.0263. The summed E-state index contributed by atoms with van der Waals surface area (Å²) in [5.74, 6) is -1.32. The SMILES string of the molecule is C=CC=C.C=Cc1ccc(-c2ccnc(-c3cc(C)n[n-]3)c2)cc1.C=Cc1ccccc1.Fc1c[c-]c(-n2cccn2)c(F)c1.[Ir]. The Morgan fingerprint density at radius 3 is 1.98 bits per heavy atom. The van der Waals surface area contributed by atoms with Crippen LogP contribution >= 0.6 is 0 Å². The van der Waals surface area contributed by atoms with Gasteiger partial charge in [-0.15, -0.1) is 12.1 Å². The molecule has 0 saturated carbocycles. The summed E-state index contributed by atoms with van der Waals surface area (Å²) in [4.78, 5) is 4.36. The molecule has 6 aromatic rings. The second-order valence-electron chi connectivity index (χ2n) is 9.18. The quantitative estimate of drug-likeness (QED) is 0.125. The molecule has 6 rings (SSSR count). The van der Waals surface area contributed by atoms with Crippen LogP contribution in [0.25, 0.3) is 40.4 Å². The summed E-state index contributed by atoms with van der Waals surface area (Å²) in [6.07, 6.45) is 11.8. The van der Waals surface area contributed by atoms with Crippen LogP contribution in [0.5, 0.6) is 0 Å². The van der Waals surface area contributed by atoms with Crippen molar-refractivity contribution in [2.45, 2.75) is 6.92 Å². The van der Waals surface area contributed by atoms with E-state index < -0.39 is 11.6 Å². The van der Waals surface area contributed by atoms with E-state index in [-0.39, 0.29) is 25.8 Å². The molecule has 46 heavy (non-hydrogen) atoms. The van der Waals surface area contributed by atoms with Gasteiger partial charge in [0.25, 0.3) is 0 Å². The average molecular weight is 790 g/mol. The molecule has 0 saturated heterocycles.